The largest absolute Gasteiger partial charge is 0.496 e. The molecular weight excluding hydrogens is 508 g/mol. The maximum absolute atomic E-state index is 14.1. The number of hydrogen-bond acceptors (Lipinski definition) is 5. The highest BCUT2D eigenvalue weighted by Gasteiger charge is 2.35. The van der Waals surface area contributed by atoms with Gasteiger partial charge in [-0.1, -0.05) is 47.7 Å². The summed E-state index contributed by atoms with van der Waals surface area (Å²) in [6.45, 7) is 11.2. The highest BCUT2D eigenvalue weighted by molar-refractivity contribution is 7.07. The number of carbonyl (C=O) groups is 1. The molecule has 202 valence electrons. The molecule has 0 saturated heterocycles. The zero-order valence-electron chi connectivity index (χ0n) is 23.3. The summed E-state index contributed by atoms with van der Waals surface area (Å²) in [5.74, 6) is 0.503. The van der Waals surface area contributed by atoms with Gasteiger partial charge in [0.25, 0.3) is 11.5 Å². The summed E-state index contributed by atoms with van der Waals surface area (Å²) >= 11 is 1.35. The molecule has 0 saturated carbocycles. The number of aromatic nitrogens is 2. The van der Waals surface area contributed by atoms with Crippen molar-refractivity contribution in [1.82, 2.24) is 14.0 Å². The standard InChI is InChI=1S/C31H34N4O3S/c1-7-33(8-2)30(37)27-20(5)32-31-35(28(27)23-14-10-12-16-25(23)38-6)29(36)26(39-31)17-21-18-34(19(3)4)24-15-11-9-13-22(21)24/h9-19,28H,7-8H2,1-6H3/b26-17+/t28-/m1/s1. The molecule has 8 heteroatoms. The van der Waals surface area contributed by atoms with Crippen molar-refractivity contribution in [2.75, 3.05) is 20.2 Å². The number of amides is 1. The molecular formula is C31H34N4O3S. The number of nitrogens with zero attached hydrogens (tertiary/aromatic N) is 4. The predicted molar refractivity (Wildman–Crippen MR) is 157 cm³/mol. The fourth-order valence-corrected chi connectivity index (χ4v) is 6.42. The lowest BCUT2D eigenvalue weighted by Crippen LogP contribution is -2.43. The van der Waals surface area contributed by atoms with Crippen molar-refractivity contribution in [2.24, 2.45) is 4.99 Å². The van der Waals surface area contributed by atoms with Crippen LogP contribution in [0.3, 0.4) is 0 Å². The fourth-order valence-electron chi connectivity index (χ4n) is 5.38. The maximum Gasteiger partial charge on any atom is 0.271 e. The average Bonchev–Trinajstić information content (AvgIpc) is 3.46. The van der Waals surface area contributed by atoms with Gasteiger partial charge in [0.05, 0.1) is 22.9 Å². The van der Waals surface area contributed by atoms with Crippen molar-refractivity contribution < 1.29 is 9.53 Å². The van der Waals surface area contributed by atoms with Gasteiger partial charge in [0.1, 0.15) is 11.8 Å². The summed E-state index contributed by atoms with van der Waals surface area (Å²) in [6.07, 6.45) is 4.06. The van der Waals surface area contributed by atoms with Crippen LogP contribution in [0.4, 0.5) is 0 Å². The Kier molecular flexibility index (Phi) is 7.32. The highest BCUT2D eigenvalue weighted by atomic mass is 32.1. The minimum atomic E-state index is -0.648. The summed E-state index contributed by atoms with van der Waals surface area (Å²) in [4.78, 5) is 35.1. The molecule has 2 aromatic heterocycles. The molecule has 3 heterocycles. The van der Waals surface area contributed by atoms with Gasteiger partial charge in [0.2, 0.25) is 0 Å². The molecule has 1 aliphatic heterocycles. The van der Waals surface area contributed by atoms with Gasteiger partial charge in [-0.15, -0.1) is 0 Å². The number of hydrogen-bond donors (Lipinski definition) is 0. The lowest BCUT2D eigenvalue weighted by molar-refractivity contribution is -0.127. The van der Waals surface area contributed by atoms with Gasteiger partial charge in [-0.3, -0.25) is 14.2 Å². The van der Waals surface area contributed by atoms with Crippen molar-refractivity contribution in [1.29, 1.82) is 0 Å². The van der Waals surface area contributed by atoms with Crippen LogP contribution in [-0.4, -0.2) is 40.1 Å². The SMILES string of the molecule is CCN(CC)C(=O)C1=C(C)N=c2s/c(=C/c3cn(C(C)C)c4ccccc34)c(=O)n2[C@@H]1c1ccccc1OC. The molecule has 0 fully saturated rings. The Morgan fingerprint density at radius 1 is 1.13 bits per heavy atom. The number of likely N-dealkylation sites (N-methyl/N-ethyl adjacent to an activating group) is 1. The lowest BCUT2D eigenvalue weighted by atomic mass is 9.94. The first-order valence-electron chi connectivity index (χ1n) is 13.3. The van der Waals surface area contributed by atoms with Gasteiger partial charge in [0, 0.05) is 47.4 Å². The van der Waals surface area contributed by atoms with Crippen LogP contribution in [-0.2, 0) is 4.79 Å². The molecule has 2 aromatic carbocycles. The van der Waals surface area contributed by atoms with Crippen molar-refractivity contribution in [2.45, 2.75) is 46.7 Å². The normalized spacial score (nSPS) is 15.6. The summed E-state index contributed by atoms with van der Waals surface area (Å²) < 4.78 is 10.2. The molecule has 0 bridgehead atoms. The third kappa shape index (κ3) is 4.52. The highest BCUT2D eigenvalue weighted by Crippen LogP contribution is 2.36. The molecule has 1 amide bonds. The van der Waals surface area contributed by atoms with Crippen LogP contribution >= 0.6 is 11.3 Å². The maximum atomic E-state index is 14.1. The quantitative estimate of drug-likeness (QED) is 0.342. The van der Waals surface area contributed by atoms with Crippen LogP contribution in [0.1, 0.15) is 57.8 Å². The summed E-state index contributed by atoms with van der Waals surface area (Å²) in [5.41, 5.74) is 3.81. The van der Waals surface area contributed by atoms with E-state index in [2.05, 4.69) is 36.7 Å². The van der Waals surface area contributed by atoms with Gasteiger partial charge in [-0.05, 0) is 52.8 Å². The Morgan fingerprint density at radius 2 is 1.82 bits per heavy atom. The number of para-hydroxylation sites is 2. The monoisotopic (exact) mass is 542 g/mol. The van der Waals surface area contributed by atoms with E-state index in [0.29, 0.717) is 39.4 Å². The van der Waals surface area contributed by atoms with Crippen molar-refractivity contribution in [3.63, 3.8) is 0 Å². The number of benzene rings is 2. The Hall–Kier alpha value is -3.91. The Labute approximate surface area is 232 Å². The van der Waals surface area contributed by atoms with Crippen LogP contribution < -0.4 is 19.6 Å². The van der Waals surface area contributed by atoms with E-state index in [-0.39, 0.29) is 17.5 Å². The number of thiazole rings is 1. The van der Waals surface area contributed by atoms with Gasteiger partial charge in [-0.25, -0.2) is 4.99 Å². The molecule has 0 spiro atoms. The molecule has 5 rings (SSSR count). The van der Waals surface area contributed by atoms with E-state index >= 15 is 0 Å². The first kappa shape index (κ1) is 26.7. The van der Waals surface area contributed by atoms with E-state index < -0.39 is 6.04 Å². The minimum absolute atomic E-state index is 0.119. The third-order valence-corrected chi connectivity index (χ3v) is 8.33. The third-order valence-electron chi connectivity index (χ3n) is 7.35. The van der Waals surface area contributed by atoms with Gasteiger partial charge in [-0.2, -0.15) is 0 Å². The molecule has 4 aromatic rings. The van der Waals surface area contributed by atoms with E-state index in [1.54, 1.807) is 16.6 Å². The Balaban J connectivity index is 1.78. The zero-order valence-corrected chi connectivity index (χ0v) is 24.1. The van der Waals surface area contributed by atoms with Crippen LogP contribution in [0.2, 0.25) is 0 Å². The second kappa shape index (κ2) is 10.7. The molecule has 1 aliphatic rings. The summed E-state index contributed by atoms with van der Waals surface area (Å²) in [7, 11) is 1.61. The molecule has 0 N–H and O–H groups in total. The molecule has 39 heavy (non-hydrogen) atoms. The summed E-state index contributed by atoms with van der Waals surface area (Å²) in [5, 5.41) is 1.09. The predicted octanol–water partition coefficient (Wildman–Crippen LogP) is 4.65. The first-order valence-corrected chi connectivity index (χ1v) is 14.2. The molecule has 0 radical (unpaired) electrons. The number of rotatable bonds is 7. The number of fused-ring (bicyclic) bond motifs is 2. The Bertz CT molecular complexity index is 1770. The van der Waals surface area contributed by atoms with Crippen molar-refractivity contribution in [3.8, 4) is 5.75 Å². The average molecular weight is 543 g/mol. The molecule has 1 atom stereocenters. The minimum Gasteiger partial charge on any atom is -0.496 e. The van der Waals surface area contributed by atoms with Crippen molar-refractivity contribution in [3.05, 3.63) is 96.8 Å². The van der Waals surface area contributed by atoms with E-state index in [1.807, 2.05) is 63.2 Å². The number of carbonyl (C=O) groups excluding carboxylic acids is 1. The zero-order chi connectivity index (χ0) is 27.8. The first-order chi connectivity index (χ1) is 18.8. The lowest BCUT2D eigenvalue weighted by Gasteiger charge is -2.29. The fraction of sp³-hybridized carbons (Fsp3) is 0.323. The molecule has 0 unspecified atom stereocenters. The molecule has 7 nitrogen and oxygen atoms in total. The van der Waals surface area contributed by atoms with Crippen LogP contribution in [0.25, 0.3) is 17.0 Å². The van der Waals surface area contributed by atoms with E-state index in [0.717, 1.165) is 22.0 Å². The van der Waals surface area contributed by atoms with Crippen molar-refractivity contribution >= 4 is 34.2 Å². The van der Waals surface area contributed by atoms with E-state index in [9.17, 15) is 9.59 Å². The molecule has 0 aliphatic carbocycles. The van der Waals surface area contributed by atoms with Crippen LogP contribution in [0.5, 0.6) is 5.75 Å². The number of ether oxygens (including phenoxy) is 1. The van der Waals surface area contributed by atoms with Gasteiger partial charge < -0.3 is 14.2 Å². The number of methoxy groups -OCH3 is 1. The topological polar surface area (TPSA) is 68.8 Å². The van der Waals surface area contributed by atoms with E-state index in [4.69, 9.17) is 9.73 Å². The summed E-state index contributed by atoms with van der Waals surface area (Å²) in [6, 6.07) is 15.4. The van der Waals surface area contributed by atoms with E-state index in [1.165, 1.54) is 11.3 Å². The Morgan fingerprint density at radius 3 is 2.51 bits per heavy atom. The smallest absolute Gasteiger partial charge is 0.271 e. The second-order valence-electron chi connectivity index (χ2n) is 9.90. The second-order valence-corrected chi connectivity index (χ2v) is 10.9. The van der Waals surface area contributed by atoms with Gasteiger partial charge >= 0.3 is 0 Å². The number of allylic oxidation sites excluding steroid dienone is 1. The van der Waals surface area contributed by atoms with Gasteiger partial charge in [0.15, 0.2) is 4.80 Å². The van der Waals surface area contributed by atoms with Crippen LogP contribution in [0.15, 0.2) is 75.8 Å². The van der Waals surface area contributed by atoms with Crippen LogP contribution in [0, 0.1) is 0 Å².